The molecular weight excluding hydrogens is 250 g/mol. The minimum absolute atomic E-state index is 0.0720. The fourth-order valence-electron chi connectivity index (χ4n) is 2.21. The molecule has 3 amide bonds. The molecule has 1 unspecified atom stereocenters. The maximum atomic E-state index is 12.3. The van der Waals surface area contributed by atoms with Crippen LogP contribution in [-0.2, 0) is 9.59 Å². The molecule has 0 radical (unpaired) electrons. The second-order valence-electron chi connectivity index (χ2n) is 5.17. The van der Waals surface area contributed by atoms with Gasteiger partial charge in [0, 0.05) is 13.1 Å². The number of amides is 3. The lowest BCUT2D eigenvalue weighted by Crippen LogP contribution is -2.54. The van der Waals surface area contributed by atoms with E-state index in [4.69, 9.17) is 10.8 Å². The zero-order valence-electron chi connectivity index (χ0n) is 11.3. The summed E-state index contributed by atoms with van der Waals surface area (Å²) in [5.74, 6) is -1.47. The molecule has 1 aliphatic heterocycles. The summed E-state index contributed by atoms with van der Waals surface area (Å²) in [6, 6.07) is -1.38. The van der Waals surface area contributed by atoms with Crippen LogP contribution in [0.1, 0.15) is 26.7 Å². The fourth-order valence-corrected chi connectivity index (χ4v) is 2.21. The van der Waals surface area contributed by atoms with Crippen LogP contribution in [0.4, 0.5) is 4.79 Å². The van der Waals surface area contributed by atoms with Crippen LogP contribution in [0.15, 0.2) is 0 Å². The zero-order valence-corrected chi connectivity index (χ0v) is 11.3. The number of nitrogens with zero attached hydrogens (tertiary/aromatic N) is 1. The standard InChI is InChI=1S/C12H21N3O4/c1-7(2)9(14-12(13)19)10(16)15-5-3-8(4-6-15)11(17)18/h7-9H,3-6H2,1-2H3,(H,17,18)(H3,13,14,19). The highest BCUT2D eigenvalue weighted by molar-refractivity contribution is 5.87. The lowest BCUT2D eigenvalue weighted by molar-refractivity contribution is -0.146. The van der Waals surface area contributed by atoms with Crippen molar-refractivity contribution in [3.05, 3.63) is 0 Å². The van der Waals surface area contributed by atoms with E-state index < -0.39 is 18.0 Å². The second-order valence-corrected chi connectivity index (χ2v) is 5.17. The van der Waals surface area contributed by atoms with E-state index >= 15 is 0 Å². The third-order valence-electron chi connectivity index (χ3n) is 3.39. The summed E-state index contributed by atoms with van der Waals surface area (Å²) < 4.78 is 0. The molecule has 0 aromatic heterocycles. The number of carbonyl (C=O) groups is 3. The van der Waals surface area contributed by atoms with Gasteiger partial charge in [-0.1, -0.05) is 13.8 Å². The molecule has 19 heavy (non-hydrogen) atoms. The Morgan fingerprint density at radius 1 is 1.26 bits per heavy atom. The molecule has 4 N–H and O–H groups in total. The molecule has 0 spiro atoms. The number of nitrogens with two attached hydrogens (primary N) is 1. The van der Waals surface area contributed by atoms with Crippen molar-refractivity contribution in [2.24, 2.45) is 17.6 Å². The maximum Gasteiger partial charge on any atom is 0.312 e. The van der Waals surface area contributed by atoms with Gasteiger partial charge >= 0.3 is 12.0 Å². The van der Waals surface area contributed by atoms with Crippen LogP contribution in [0.25, 0.3) is 0 Å². The summed E-state index contributed by atoms with van der Waals surface area (Å²) in [7, 11) is 0. The first-order chi connectivity index (χ1) is 8.82. The van der Waals surface area contributed by atoms with Gasteiger partial charge in [0.05, 0.1) is 5.92 Å². The van der Waals surface area contributed by atoms with Gasteiger partial charge in [-0.25, -0.2) is 4.79 Å². The van der Waals surface area contributed by atoms with Crippen molar-refractivity contribution in [2.45, 2.75) is 32.7 Å². The Balaban J connectivity index is 2.61. The van der Waals surface area contributed by atoms with Gasteiger partial charge in [-0.05, 0) is 18.8 Å². The van der Waals surface area contributed by atoms with Gasteiger partial charge in [0.15, 0.2) is 0 Å². The first-order valence-electron chi connectivity index (χ1n) is 6.40. The van der Waals surface area contributed by atoms with Gasteiger partial charge in [-0.15, -0.1) is 0 Å². The molecule has 1 atom stereocenters. The molecule has 108 valence electrons. The van der Waals surface area contributed by atoms with E-state index in [1.807, 2.05) is 13.8 Å². The molecule has 0 aliphatic carbocycles. The Labute approximate surface area is 112 Å². The van der Waals surface area contributed by atoms with Crippen LogP contribution in [0, 0.1) is 11.8 Å². The number of carboxylic acid groups (broad SMARTS) is 1. The average Bonchev–Trinajstić information content (AvgIpc) is 2.34. The van der Waals surface area contributed by atoms with Crippen molar-refractivity contribution in [3.8, 4) is 0 Å². The van der Waals surface area contributed by atoms with Crippen molar-refractivity contribution in [2.75, 3.05) is 13.1 Å². The molecule has 1 aliphatic rings. The zero-order chi connectivity index (χ0) is 14.6. The Kier molecular flexibility index (Phi) is 5.14. The van der Waals surface area contributed by atoms with Crippen molar-refractivity contribution in [3.63, 3.8) is 0 Å². The fraction of sp³-hybridized carbons (Fsp3) is 0.750. The Morgan fingerprint density at radius 2 is 1.79 bits per heavy atom. The van der Waals surface area contributed by atoms with Crippen molar-refractivity contribution in [1.29, 1.82) is 0 Å². The normalized spacial score (nSPS) is 18.2. The number of likely N-dealkylation sites (tertiary alicyclic amines) is 1. The molecular formula is C12H21N3O4. The molecule has 0 aromatic carbocycles. The molecule has 1 rings (SSSR count). The van der Waals surface area contributed by atoms with Crippen LogP contribution in [0.3, 0.4) is 0 Å². The second kappa shape index (κ2) is 6.40. The number of carbonyl (C=O) groups excluding carboxylic acids is 2. The summed E-state index contributed by atoms with van der Waals surface area (Å²) in [5.41, 5.74) is 5.06. The number of carboxylic acids is 1. The largest absolute Gasteiger partial charge is 0.481 e. The van der Waals surface area contributed by atoms with Crippen LogP contribution in [0.2, 0.25) is 0 Å². The first kappa shape index (κ1) is 15.3. The van der Waals surface area contributed by atoms with Gasteiger partial charge in [0.25, 0.3) is 0 Å². The molecule has 1 fully saturated rings. The van der Waals surface area contributed by atoms with Gasteiger partial charge in [0.2, 0.25) is 5.91 Å². The van der Waals surface area contributed by atoms with Gasteiger partial charge in [0.1, 0.15) is 6.04 Å². The highest BCUT2D eigenvalue weighted by atomic mass is 16.4. The SMILES string of the molecule is CC(C)C(NC(N)=O)C(=O)N1CCC(C(=O)O)CC1. The molecule has 7 heteroatoms. The van der Waals surface area contributed by atoms with E-state index in [-0.39, 0.29) is 17.7 Å². The molecule has 0 aromatic rings. The number of rotatable bonds is 4. The number of hydrogen-bond donors (Lipinski definition) is 3. The first-order valence-corrected chi connectivity index (χ1v) is 6.40. The molecule has 1 saturated heterocycles. The highest BCUT2D eigenvalue weighted by Crippen LogP contribution is 2.19. The minimum Gasteiger partial charge on any atom is -0.481 e. The van der Waals surface area contributed by atoms with Crippen molar-refractivity contribution < 1.29 is 19.5 Å². The lowest BCUT2D eigenvalue weighted by atomic mass is 9.95. The van der Waals surface area contributed by atoms with Gasteiger partial charge < -0.3 is 21.1 Å². The highest BCUT2D eigenvalue weighted by Gasteiger charge is 2.32. The monoisotopic (exact) mass is 271 g/mol. The van der Waals surface area contributed by atoms with E-state index in [2.05, 4.69) is 5.32 Å². The van der Waals surface area contributed by atoms with Crippen molar-refractivity contribution in [1.82, 2.24) is 10.2 Å². The number of nitrogens with one attached hydrogen (secondary N) is 1. The summed E-state index contributed by atoms with van der Waals surface area (Å²) >= 11 is 0. The molecule has 0 bridgehead atoms. The summed E-state index contributed by atoms with van der Waals surface area (Å²) in [4.78, 5) is 35.6. The van der Waals surface area contributed by atoms with E-state index in [9.17, 15) is 14.4 Å². The van der Waals surface area contributed by atoms with Gasteiger partial charge in [-0.2, -0.15) is 0 Å². The van der Waals surface area contributed by atoms with Gasteiger partial charge in [-0.3, -0.25) is 9.59 Å². The third kappa shape index (κ3) is 4.11. The smallest absolute Gasteiger partial charge is 0.312 e. The maximum absolute atomic E-state index is 12.3. The lowest BCUT2D eigenvalue weighted by Gasteiger charge is -2.34. The van der Waals surface area contributed by atoms with Crippen molar-refractivity contribution >= 4 is 17.9 Å². The van der Waals surface area contributed by atoms with Crippen LogP contribution >= 0.6 is 0 Å². The van der Waals surface area contributed by atoms with E-state index in [1.165, 1.54) is 0 Å². The Hall–Kier alpha value is -1.79. The number of piperidine rings is 1. The predicted octanol–water partition coefficient (Wildman–Crippen LogP) is 0.00250. The van der Waals surface area contributed by atoms with E-state index in [0.717, 1.165) is 0 Å². The topological polar surface area (TPSA) is 113 Å². The molecule has 0 saturated carbocycles. The molecule has 1 heterocycles. The average molecular weight is 271 g/mol. The van der Waals surface area contributed by atoms with Crippen LogP contribution < -0.4 is 11.1 Å². The Morgan fingerprint density at radius 3 is 2.16 bits per heavy atom. The van der Waals surface area contributed by atoms with Crippen LogP contribution in [-0.4, -0.2) is 47.0 Å². The quantitative estimate of drug-likeness (QED) is 0.668. The summed E-state index contributed by atoms with van der Waals surface area (Å²) in [5, 5.41) is 11.3. The number of aliphatic carboxylic acids is 1. The van der Waals surface area contributed by atoms with E-state index in [1.54, 1.807) is 4.90 Å². The minimum atomic E-state index is -0.817. The number of urea groups is 1. The summed E-state index contributed by atoms with van der Waals surface area (Å²) in [6.07, 6.45) is 0.894. The van der Waals surface area contributed by atoms with E-state index in [0.29, 0.717) is 25.9 Å². The number of hydrogen-bond acceptors (Lipinski definition) is 3. The third-order valence-corrected chi connectivity index (χ3v) is 3.39. The predicted molar refractivity (Wildman–Crippen MR) is 68.3 cm³/mol. The summed E-state index contributed by atoms with van der Waals surface area (Å²) in [6.45, 7) is 4.45. The molecule has 7 nitrogen and oxygen atoms in total. The number of primary amides is 1. The Bertz CT molecular complexity index is 362. The van der Waals surface area contributed by atoms with Crippen LogP contribution in [0.5, 0.6) is 0 Å².